The van der Waals surface area contributed by atoms with E-state index in [-0.39, 0.29) is 12.6 Å². The average molecular weight is 199 g/mol. The van der Waals surface area contributed by atoms with E-state index in [1.807, 2.05) is 6.92 Å². The van der Waals surface area contributed by atoms with Gasteiger partial charge in [-0.25, -0.2) is 0 Å². The summed E-state index contributed by atoms with van der Waals surface area (Å²) in [4.78, 5) is 10.9. The number of rotatable bonds is 5. The highest BCUT2D eigenvalue weighted by atomic mass is 35.5. The first-order chi connectivity index (χ1) is 5.22. The van der Waals surface area contributed by atoms with E-state index in [0.29, 0.717) is 12.3 Å². The van der Waals surface area contributed by atoms with E-state index >= 15 is 0 Å². The van der Waals surface area contributed by atoms with Gasteiger partial charge in [0.15, 0.2) is 0 Å². The van der Waals surface area contributed by atoms with Crippen LogP contribution in [0.3, 0.4) is 0 Å². The first-order valence-corrected chi connectivity index (χ1v) is 4.56. The molecule has 0 saturated heterocycles. The predicted molar refractivity (Wildman–Crippen MR) is 46.2 cm³/mol. The van der Waals surface area contributed by atoms with Crippen LogP contribution in [-0.2, 0) is 9.53 Å². The molecule has 0 rings (SSSR count). The minimum atomic E-state index is -0.511. The Bertz CT molecular complexity index is 117. The predicted octanol–water partition coefficient (Wildman–Crippen LogP) is 2.18. The van der Waals surface area contributed by atoms with Crippen LogP contribution in [0.4, 0.5) is 0 Å². The molecule has 0 aromatic rings. The summed E-state index contributed by atoms with van der Waals surface area (Å²) in [6.07, 6.45) is 1.53. The summed E-state index contributed by atoms with van der Waals surface area (Å²) >= 11 is 11.0. The van der Waals surface area contributed by atoms with Gasteiger partial charge in [0, 0.05) is 0 Å². The number of ether oxygens (including phenoxy) is 1. The summed E-state index contributed by atoms with van der Waals surface area (Å²) in [6.45, 7) is 2.21. The Hall–Kier alpha value is 0.0500. The Morgan fingerprint density at radius 1 is 1.64 bits per heavy atom. The van der Waals surface area contributed by atoms with Crippen LogP contribution in [-0.4, -0.2) is 23.8 Å². The van der Waals surface area contributed by atoms with Crippen molar-refractivity contribution >= 4 is 29.2 Å². The minimum absolute atomic E-state index is 0.243. The molecule has 0 aromatic heterocycles. The largest absolute Gasteiger partial charge is 0.463 e. The SMILES string of the molecule is CCC[C@H](Cl)C(=O)OCCCl. The molecule has 0 bridgehead atoms. The van der Waals surface area contributed by atoms with Crippen molar-refractivity contribution < 1.29 is 9.53 Å². The lowest BCUT2D eigenvalue weighted by atomic mass is 10.2. The summed E-state index contributed by atoms with van der Waals surface area (Å²) in [7, 11) is 0. The smallest absolute Gasteiger partial charge is 0.324 e. The lowest BCUT2D eigenvalue weighted by molar-refractivity contribution is -0.142. The summed E-state index contributed by atoms with van der Waals surface area (Å²) in [5, 5.41) is -0.511. The molecule has 0 saturated carbocycles. The molecule has 0 spiro atoms. The topological polar surface area (TPSA) is 26.3 Å². The molecule has 0 aliphatic carbocycles. The van der Waals surface area contributed by atoms with Gasteiger partial charge in [-0.15, -0.1) is 23.2 Å². The van der Waals surface area contributed by atoms with E-state index < -0.39 is 5.38 Å². The number of halogens is 2. The van der Waals surface area contributed by atoms with Gasteiger partial charge < -0.3 is 4.74 Å². The highest BCUT2D eigenvalue weighted by Gasteiger charge is 2.14. The fourth-order valence-corrected chi connectivity index (χ4v) is 0.959. The Morgan fingerprint density at radius 2 is 2.27 bits per heavy atom. The van der Waals surface area contributed by atoms with Gasteiger partial charge in [-0.3, -0.25) is 4.79 Å². The van der Waals surface area contributed by atoms with Gasteiger partial charge in [-0.1, -0.05) is 13.3 Å². The summed E-state index contributed by atoms with van der Waals surface area (Å²) in [5.41, 5.74) is 0. The molecule has 0 aliphatic rings. The molecule has 0 amide bonds. The van der Waals surface area contributed by atoms with Crippen molar-refractivity contribution in [1.29, 1.82) is 0 Å². The second-order valence-electron chi connectivity index (χ2n) is 2.11. The molecule has 0 aromatic carbocycles. The van der Waals surface area contributed by atoms with Crippen LogP contribution >= 0.6 is 23.2 Å². The zero-order chi connectivity index (χ0) is 8.69. The second-order valence-corrected chi connectivity index (χ2v) is 3.02. The Balaban J connectivity index is 3.47. The molecule has 0 fully saturated rings. The molecule has 0 radical (unpaired) electrons. The van der Waals surface area contributed by atoms with E-state index in [4.69, 9.17) is 27.9 Å². The van der Waals surface area contributed by atoms with E-state index in [9.17, 15) is 4.79 Å². The molecule has 66 valence electrons. The second kappa shape index (κ2) is 6.74. The fourth-order valence-electron chi connectivity index (χ4n) is 0.601. The average Bonchev–Trinajstić information content (AvgIpc) is 2.00. The van der Waals surface area contributed by atoms with Crippen LogP contribution in [0.25, 0.3) is 0 Å². The molecule has 0 heterocycles. The normalized spacial score (nSPS) is 12.6. The zero-order valence-electron chi connectivity index (χ0n) is 6.48. The van der Waals surface area contributed by atoms with Crippen molar-refractivity contribution in [2.75, 3.05) is 12.5 Å². The van der Waals surface area contributed by atoms with Crippen molar-refractivity contribution in [2.24, 2.45) is 0 Å². The number of hydrogen-bond acceptors (Lipinski definition) is 2. The van der Waals surface area contributed by atoms with Gasteiger partial charge in [-0.2, -0.15) is 0 Å². The monoisotopic (exact) mass is 198 g/mol. The number of carbonyl (C=O) groups is 1. The standard InChI is InChI=1S/C7H12Cl2O2/c1-2-3-6(9)7(10)11-5-4-8/h6H,2-5H2,1H3/t6-/m0/s1. The highest BCUT2D eigenvalue weighted by Crippen LogP contribution is 2.06. The molecule has 0 N–H and O–H groups in total. The van der Waals surface area contributed by atoms with Crippen LogP contribution in [0.1, 0.15) is 19.8 Å². The van der Waals surface area contributed by atoms with Crippen molar-refractivity contribution in [2.45, 2.75) is 25.1 Å². The maximum atomic E-state index is 10.9. The summed E-state index contributed by atoms with van der Waals surface area (Å²) in [5.74, 6) is -0.0456. The van der Waals surface area contributed by atoms with Crippen molar-refractivity contribution in [3.63, 3.8) is 0 Å². The van der Waals surface area contributed by atoms with Crippen LogP contribution in [0.2, 0.25) is 0 Å². The van der Waals surface area contributed by atoms with Crippen molar-refractivity contribution in [3.8, 4) is 0 Å². The van der Waals surface area contributed by atoms with Gasteiger partial charge in [0.05, 0.1) is 5.88 Å². The molecule has 4 heteroatoms. The number of carbonyl (C=O) groups excluding carboxylic acids is 1. The number of alkyl halides is 2. The summed E-state index contributed by atoms with van der Waals surface area (Å²) < 4.78 is 4.70. The quantitative estimate of drug-likeness (QED) is 0.501. The molecular formula is C7H12Cl2O2. The summed E-state index contributed by atoms with van der Waals surface area (Å²) in [6, 6.07) is 0. The van der Waals surface area contributed by atoms with Crippen LogP contribution in [0, 0.1) is 0 Å². The van der Waals surface area contributed by atoms with Crippen molar-refractivity contribution in [3.05, 3.63) is 0 Å². The van der Waals surface area contributed by atoms with Gasteiger partial charge >= 0.3 is 5.97 Å². The van der Waals surface area contributed by atoms with Gasteiger partial charge in [0.2, 0.25) is 0 Å². The third-order valence-electron chi connectivity index (χ3n) is 1.12. The lowest BCUT2D eigenvalue weighted by Crippen LogP contribution is -2.18. The third-order valence-corrected chi connectivity index (χ3v) is 1.67. The van der Waals surface area contributed by atoms with E-state index in [1.54, 1.807) is 0 Å². The zero-order valence-corrected chi connectivity index (χ0v) is 7.99. The van der Waals surface area contributed by atoms with Gasteiger partial charge in [-0.05, 0) is 6.42 Å². The third kappa shape index (κ3) is 5.33. The van der Waals surface area contributed by atoms with Crippen LogP contribution < -0.4 is 0 Å². The Morgan fingerprint density at radius 3 is 2.73 bits per heavy atom. The molecule has 0 unspecified atom stereocenters. The lowest BCUT2D eigenvalue weighted by Gasteiger charge is -2.06. The maximum absolute atomic E-state index is 10.9. The molecular weight excluding hydrogens is 187 g/mol. The molecule has 2 nitrogen and oxygen atoms in total. The highest BCUT2D eigenvalue weighted by molar-refractivity contribution is 6.29. The first-order valence-electron chi connectivity index (χ1n) is 3.59. The van der Waals surface area contributed by atoms with E-state index in [1.165, 1.54) is 0 Å². The maximum Gasteiger partial charge on any atom is 0.324 e. The molecule has 0 aliphatic heterocycles. The number of esters is 1. The van der Waals surface area contributed by atoms with Gasteiger partial charge in [0.1, 0.15) is 12.0 Å². The van der Waals surface area contributed by atoms with E-state index in [2.05, 4.69) is 0 Å². The van der Waals surface area contributed by atoms with Crippen LogP contribution in [0.5, 0.6) is 0 Å². The Kier molecular flexibility index (Phi) is 6.77. The van der Waals surface area contributed by atoms with Gasteiger partial charge in [0.25, 0.3) is 0 Å². The Labute approximate surface area is 76.8 Å². The van der Waals surface area contributed by atoms with Crippen molar-refractivity contribution in [1.82, 2.24) is 0 Å². The molecule has 1 atom stereocenters. The number of hydrogen-bond donors (Lipinski definition) is 0. The van der Waals surface area contributed by atoms with Crippen LogP contribution in [0.15, 0.2) is 0 Å². The minimum Gasteiger partial charge on any atom is -0.463 e. The first kappa shape index (κ1) is 11.1. The fraction of sp³-hybridized carbons (Fsp3) is 0.857. The van der Waals surface area contributed by atoms with E-state index in [0.717, 1.165) is 6.42 Å². The molecule has 11 heavy (non-hydrogen) atoms.